The normalized spacial score (nSPS) is 18.5. The Kier molecular flexibility index (Phi) is 6.73. The standard InChI is InChI=1S/C20H20F2N6O.ClH/c21-16-3-1-2-15(19(16)22)12-4-9-18(24-10-12)25-20(29)17-11-28(27-26-17)14-7-5-13(23)6-8-14;/h1-4,9-11,13-14H,5-8,23H2,(H,24,25,29);1H. The Labute approximate surface area is 178 Å². The van der Waals surface area contributed by atoms with Gasteiger partial charge in [-0.2, -0.15) is 0 Å². The Morgan fingerprint density at radius 3 is 2.60 bits per heavy atom. The number of hydrogen-bond donors (Lipinski definition) is 2. The molecule has 0 saturated heterocycles. The van der Waals surface area contributed by atoms with Crippen molar-refractivity contribution in [2.45, 2.75) is 37.8 Å². The number of nitrogens with two attached hydrogens (primary N) is 1. The number of hydrogen-bond acceptors (Lipinski definition) is 5. The quantitative estimate of drug-likeness (QED) is 0.651. The molecular formula is C20H21ClF2N6O. The fraction of sp³-hybridized carbons (Fsp3) is 0.300. The minimum Gasteiger partial charge on any atom is -0.328 e. The predicted octanol–water partition coefficient (Wildman–Crippen LogP) is 3.73. The fourth-order valence-electron chi connectivity index (χ4n) is 3.46. The molecule has 1 aliphatic carbocycles. The lowest BCUT2D eigenvalue weighted by atomic mass is 9.92. The molecule has 2 heterocycles. The van der Waals surface area contributed by atoms with E-state index in [1.165, 1.54) is 24.4 Å². The average Bonchev–Trinajstić information content (AvgIpc) is 3.22. The van der Waals surface area contributed by atoms with Gasteiger partial charge in [0.1, 0.15) is 5.82 Å². The Hall–Kier alpha value is -2.91. The van der Waals surface area contributed by atoms with Crippen LogP contribution in [0.25, 0.3) is 11.1 Å². The highest BCUT2D eigenvalue weighted by atomic mass is 35.5. The summed E-state index contributed by atoms with van der Waals surface area (Å²) in [4.78, 5) is 16.5. The number of rotatable bonds is 4. The summed E-state index contributed by atoms with van der Waals surface area (Å²) in [6, 6.07) is 7.44. The topological polar surface area (TPSA) is 98.7 Å². The molecule has 2 aromatic heterocycles. The first-order chi connectivity index (χ1) is 14.0. The van der Waals surface area contributed by atoms with Gasteiger partial charge in [-0.25, -0.2) is 18.4 Å². The zero-order valence-electron chi connectivity index (χ0n) is 16.0. The van der Waals surface area contributed by atoms with Gasteiger partial charge in [-0.05, 0) is 43.9 Å². The van der Waals surface area contributed by atoms with Gasteiger partial charge in [0.05, 0.1) is 12.2 Å². The third kappa shape index (κ3) is 4.63. The first-order valence-corrected chi connectivity index (χ1v) is 9.40. The van der Waals surface area contributed by atoms with E-state index in [0.29, 0.717) is 5.56 Å². The lowest BCUT2D eigenvalue weighted by Crippen LogP contribution is -2.28. The molecule has 0 radical (unpaired) electrons. The van der Waals surface area contributed by atoms with E-state index in [4.69, 9.17) is 5.73 Å². The second-order valence-corrected chi connectivity index (χ2v) is 7.14. The molecule has 10 heteroatoms. The molecule has 0 atom stereocenters. The van der Waals surface area contributed by atoms with Crippen LogP contribution in [0.1, 0.15) is 42.2 Å². The van der Waals surface area contributed by atoms with Crippen molar-refractivity contribution in [1.29, 1.82) is 0 Å². The fourth-order valence-corrected chi connectivity index (χ4v) is 3.46. The molecule has 0 spiro atoms. The number of carbonyl (C=O) groups is 1. The maximum atomic E-state index is 13.9. The van der Waals surface area contributed by atoms with Gasteiger partial charge < -0.3 is 11.1 Å². The Bertz CT molecular complexity index is 1020. The molecule has 0 bridgehead atoms. The van der Waals surface area contributed by atoms with Crippen LogP contribution in [0.2, 0.25) is 0 Å². The van der Waals surface area contributed by atoms with Crippen LogP contribution in [0, 0.1) is 11.6 Å². The van der Waals surface area contributed by atoms with Crippen LogP contribution in [0.15, 0.2) is 42.7 Å². The number of halogens is 3. The SMILES string of the molecule is Cl.NC1CCC(n2cc(C(=O)Nc3ccc(-c4cccc(F)c4F)cn3)nn2)CC1. The highest BCUT2D eigenvalue weighted by Gasteiger charge is 2.22. The molecule has 7 nitrogen and oxygen atoms in total. The molecule has 4 rings (SSSR count). The first kappa shape index (κ1) is 21.8. The number of nitrogens with zero attached hydrogens (tertiary/aromatic N) is 4. The third-order valence-corrected chi connectivity index (χ3v) is 5.13. The van der Waals surface area contributed by atoms with E-state index < -0.39 is 17.5 Å². The van der Waals surface area contributed by atoms with Crippen molar-refractivity contribution in [3.63, 3.8) is 0 Å². The molecule has 1 fully saturated rings. The molecule has 1 amide bonds. The molecule has 0 aliphatic heterocycles. The lowest BCUT2D eigenvalue weighted by molar-refractivity contribution is 0.102. The van der Waals surface area contributed by atoms with Crippen LogP contribution in [-0.4, -0.2) is 31.9 Å². The number of anilines is 1. The van der Waals surface area contributed by atoms with Gasteiger partial charge in [0.2, 0.25) is 0 Å². The van der Waals surface area contributed by atoms with E-state index in [0.717, 1.165) is 31.7 Å². The monoisotopic (exact) mass is 434 g/mol. The van der Waals surface area contributed by atoms with Crippen molar-refractivity contribution in [1.82, 2.24) is 20.0 Å². The van der Waals surface area contributed by atoms with Crippen molar-refractivity contribution in [2.24, 2.45) is 5.73 Å². The summed E-state index contributed by atoms with van der Waals surface area (Å²) in [6.45, 7) is 0. The summed E-state index contributed by atoms with van der Waals surface area (Å²) in [5, 5.41) is 10.6. The second-order valence-electron chi connectivity index (χ2n) is 7.14. The number of benzene rings is 1. The molecule has 158 valence electrons. The Balaban J connectivity index is 0.00000256. The predicted molar refractivity (Wildman–Crippen MR) is 110 cm³/mol. The van der Waals surface area contributed by atoms with E-state index in [-0.39, 0.29) is 41.6 Å². The summed E-state index contributed by atoms with van der Waals surface area (Å²) in [5.41, 5.74) is 6.61. The van der Waals surface area contributed by atoms with Crippen molar-refractivity contribution < 1.29 is 13.6 Å². The molecule has 30 heavy (non-hydrogen) atoms. The number of carbonyl (C=O) groups excluding carboxylic acids is 1. The van der Waals surface area contributed by atoms with Crippen LogP contribution in [-0.2, 0) is 0 Å². The zero-order valence-corrected chi connectivity index (χ0v) is 16.8. The first-order valence-electron chi connectivity index (χ1n) is 9.40. The third-order valence-electron chi connectivity index (χ3n) is 5.13. The van der Waals surface area contributed by atoms with E-state index in [1.807, 2.05) is 0 Å². The maximum absolute atomic E-state index is 13.9. The average molecular weight is 435 g/mol. The largest absolute Gasteiger partial charge is 0.328 e. The van der Waals surface area contributed by atoms with Crippen molar-refractivity contribution >= 4 is 24.1 Å². The minimum atomic E-state index is -0.939. The summed E-state index contributed by atoms with van der Waals surface area (Å²) in [6.07, 6.45) is 6.65. The van der Waals surface area contributed by atoms with Gasteiger partial charge in [-0.1, -0.05) is 17.3 Å². The van der Waals surface area contributed by atoms with Crippen LogP contribution >= 0.6 is 12.4 Å². The second kappa shape index (κ2) is 9.27. The molecule has 3 aromatic rings. The van der Waals surface area contributed by atoms with Gasteiger partial charge in [0.15, 0.2) is 17.3 Å². The lowest BCUT2D eigenvalue weighted by Gasteiger charge is -2.25. The molecule has 0 unspecified atom stereocenters. The van der Waals surface area contributed by atoms with Gasteiger partial charge in [0.25, 0.3) is 5.91 Å². The molecular weight excluding hydrogens is 414 g/mol. The summed E-state index contributed by atoms with van der Waals surface area (Å²) in [5.74, 6) is -2.04. The smallest absolute Gasteiger partial charge is 0.278 e. The Morgan fingerprint density at radius 2 is 1.90 bits per heavy atom. The van der Waals surface area contributed by atoms with Crippen molar-refractivity contribution in [3.8, 4) is 11.1 Å². The van der Waals surface area contributed by atoms with E-state index in [1.54, 1.807) is 16.9 Å². The zero-order chi connectivity index (χ0) is 20.4. The maximum Gasteiger partial charge on any atom is 0.278 e. The van der Waals surface area contributed by atoms with E-state index >= 15 is 0 Å². The number of pyridine rings is 1. The van der Waals surface area contributed by atoms with Crippen molar-refractivity contribution in [2.75, 3.05) is 5.32 Å². The summed E-state index contributed by atoms with van der Waals surface area (Å²) < 4.78 is 29.0. The van der Waals surface area contributed by atoms with Gasteiger partial charge in [-0.3, -0.25) is 4.79 Å². The molecule has 1 saturated carbocycles. The highest BCUT2D eigenvalue weighted by Crippen LogP contribution is 2.27. The van der Waals surface area contributed by atoms with Crippen LogP contribution in [0.5, 0.6) is 0 Å². The molecule has 1 aliphatic rings. The van der Waals surface area contributed by atoms with E-state index in [2.05, 4.69) is 20.6 Å². The number of aromatic nitrogens is 4. The van der Waals surface area contributed by atoms with Gasteiger partial charge in [0, 0.05) is 23.4 Å². The van der Waals surface area contributed by atoms with Gasteiger partial charge in [-0.15, -0.1) is 17.5 Å². The highest BCUT2D eigenvalue weighted by molar-refractivity contribution is 6.02. The number of amides is 1. The summed E-state index contributed by atoms with van der Waals surface area (Å²) in [7, 11) is 0. The minimum absolute atomic E-state index is 0. The molecule has 1 aromatic carbocycles. The van der Waals surface area contributed by atoms with Crippen LogP contribution < -0.4 is 11.1 Å². The molecule has 3 N–H and O–H groups in total. The van der Waals surface area contributed by atoms with E-state index in [9.17, 15) is 13.6 Å². The van der Waals surface area contributed by atoms with Crippen LogP contribution in [0.4, 0.5) is 14.6 Å². The Morgan fingerprint density at radius 1 is 1.13 bits per heavy atom. The van der Waals surface area contributed by atoms with Crippen molar-refractivity contribution in [3.05, 3.63) is 60.1 Å². The number of nitrogens with one attached hydrogen (secondary N) is 1. The van der Waals surface area contributed by atoms with Gasteiger partial charge >= 0.3 is 0 Å². The van der Waals surface area contributed by atoms with Crippen LogP contribution in [0.3, 0.4) is 0 Å². The summed E-state index contributed by atoms with van der Waals surface area (Å²) >= 11 is 0.